The van der Waals surface area contributed by atoms with Crippen molar-refractivity contribution < 1.29 is 9.84 Å². The summed E-state index contributed by atoms with van der Waals surface area (Å²) in [4.78, 5) is 0. The minimum atomic E-state index is -0.321. The second-order valence-corrected chi connectivity index (χ2v) is 4.81. The van der Waals surface area contributed by atoms with Crippen LogP contribution < -0.4 is 5.32 Å². The number of hydrogen-bond acceptors (Lipinski definition) is 3. The maximum Gasteiger partial charge on any atom is 0.264 e. The van der Waals surface area contributed by atoms with Crippen molar-refractivity contribution in [1.29, 1.82) is 0 Å². The minimum Gasteiger partial charge on any atom is -0.486 e. The van der Waals surface area contributed by atoms with E-state index in [9.17, 15) is 0 Å². The lowest BCUT2D eigenvalue weighted by molar-refractivity contribution is 0.126. The lowest BCUT2D eigenvalue weighted by atomic mass is 9.98. The van der Waals surface area contributed by atoms with Gasteiger partial charge < -0.3 is 9.84 Å². The van der Waals surface area contributed by atoms with Crippen molar-refractivity contribution in [3.8, 4) is 0 Å². The van der Waals surface area contributed by atoms with Crippen molar-refractivity contribution in [2.24, 2.45) is 11.8 Å². The van der Waals surface area contributed by atoms with Crippen molar-refractivity contribution in [1.82, 2.24) is 5.32 Å². The van der Waals surface area contributed by atoms with Gasteiger partial charge in [-0.25, -0.2) is 0 Å². The Bertz CT molecular complexity index is 270. The van der Waals surface area contributed by atoms with E-state index in [0.29, 0.717) is 5.92 Å². The quantitative estimate of drug-likeness (QED) is 0.675. The molecule has 2 rings (SSSR count). The van der Waals surface area contributed by atoms with Crippen LogP contribution in [-0.4, -0.2) is 21.6 Å². The van der Waals surface area contributed by atoms with Gasteiger partial charge in [0.05, 0.1) is 0 Å². The van der Waals surface area contributed by atoms with Gasteiger partial charge in [0.2, 0.25) is 0 Å². The average molecular weight is 231 g/mol. The zero-order valence-electron chi connectivity index (χ0n) is 7.73. The molecule has 0 spiro atoms. The Hall–Kier alpha value is -0.420. The van der Waals surface area contributed by atoms with Gasteiger partial charge in [0.25, 0.3) is 10.3 Å². The van der Waals surface area contributed by atoms with Crippen LogP contribution in [0.2, 0.25) is 0 Å². The maximum atomic E-state index is 8.78. The first-order chi connectivity index (χ1) is 6.65. The van der Waals surface area contributed by atoms with Crippen LogP contribution in [0.5, 0.6) is 0 Å². The molecule has 0 saturated heterocycles. The molecular formula is C9H13NO2S2. The number of thiocarbonyl (C=S) groups is 2. The van der Waals surface area contributed by atoms with Gasteiger partial charge in [0.15, 0.2) is 0 Å². The molecule has 78 valence electrons. The lowest BCUT2D eigenvalue weighted by Gasteiger charge is -2.22. The molecule has 0 aromatic heterocycles. The standard InChI is InChI=1S/C9H13NO2S2/c11-8(13)10-9(14)12-7-4-5-1-2-6(7)3-5/h5-7H,1-4H2,(H2,10,11,13,14). The van der Waals surface area contributed by atoms with Crippen LogP contribution in [-0.2, 0) is 4.74 Å². The number of ether oxygens (including phenoxy) is 1. The van der Waals surface area contributed by atoms with Gasteiger partial charge in [-0.1, -0.05) is 0 Å². The third-order valence-corrected chi connectivity index (χ3v) is 3.44. The lowest BCUT2D eigenvalue weighted by Crippen LogP contribution is -2.34. The summed E-state index contributed by atoms with van der Waals surface area (Å²) >= 11 is 9.36. The summed E-state index contributed by atoms with van der Waals surface area (Å²) in [6.07, 6.45) is 5.20. The molecule has 2 N–H and O–H groups in total. The fraction of sp³-hybridized carbons (Fsp3) is 0.778. The molecule has 2 fully saturated rings. The molecule has 0 aromatic rings. The molecule has 2 saturated carbocycles. The summed E-state index contributed by atoms with van der Waals surface area (Å²) in [7, 11) is 0. The summed E-state index contributed by atoms with van der Waals surface area (Å²) in [5.41, 5.74) is 0. The normalized spacial score (nSPS) is 34.1. The minimum absolute atomic E-state index is 0.204. The summed E-state index contributed by atoms with van der Waals surface area (Å²) in [5, 5.41) is 11.1. The van der Waals surface area contributed by atoms with E-state index in [4.69, 9.17) is 22.1 Å². The van der Waals surface area contributed by atoms with Gasteiger partial charge in [-0.2, -0.15) is 0 Å². The fourth-order valence-electron chi connectivity index (χ4n) is 2.58. The van der Waals surface area contributed by atoms with E-state index in [0.717, 1.165) is 12.3 Å². The first-order valence-electron chi connectivity index (χ1n) is 4.85. The van der Waals surface area contributed by atoms with Crippen LogP contribution >= 0.6 is 24.4 Å². The molecule has 3 nitrogen and oxygen atoms in total. The van der Waals surface area contributed by atoms with Gasteiger partial charge in [-0.05, 0) is 62.0 Å². The molecule has 0 aliphatic heterocycles. The van der Waals surface area contributed by atoms with Crippen LogP contribution in [0, 0.1) is 11.8 Å². The molecule has 0 aromatic carbocycles. The molecule has 0 amide bonds. The average Bonchev–Trinajstić information content (AvgIpc) is 2.62. The van der Waals surface area contributed by atoms with E-state index in [1.807, 2.05) is 0 Å². The summed E-state index contributed by atoms with van der Waals surface area (Å²) in [6, 6.07) is 0. The van der Waals surface area contributed by atoms with Crippen molar-refractivity contribution >= 4 is 34.8 Å². The molecule has 3 unspecified atom stereocenters. The Kier molecular flexibility index (Phi) is 2.88. The molecule has 0 radical (unpaired) electrons. The Balaban J connectivity index is 1.81. The maximum absolute atomic E-state index is 8.78. The van der Waals surface area contributed by atoms with Gasteiger partial charge in [-0.3, -0.25) is 5.32 Å². The van der Waals surface area contributed by atoms with Crippen molar-refractivity contribution in [3.05, 3.63) is 0 Å². The Morgan fingerprint density at radius 2 is 2.07 bits per heavy atom. The molecule has 5 heteroatoms. The molecule has 3 atom stereocenters. The molecule has 2 bridgehead atoms. The third-order valence-electron chi connectivity index (χ3n) is 3.14. The summed E-state index contributed by atoms with van der Waals surface area (Å²) < 4.78 is 5.53. The van der Waals surface area contributed by atoms with E-state index < -0.39 is 0 Å². The Morgan fingerprint density at radius 1 is 1.29 bits per heavy atom. The molecular weight excluding hydrogens is 218 g/mol. The monoisotopic (exact) mass is 231 g/mol. The first kappa shape index (κ1) is 10.1. The highest BCUT2D eigenvalue weighted by Gasteiger charge is 2.41. The molecule has 2 aliphatic carbocycles. The van der Waals surface area contributed by atoms with E-state index in [1.54, 1.807) is 0 Å². The van der Waals surface area contributed by atoms with Crippen LogP contribution in [0.15, 0.2) is 0 Å². The molecule has 14 heavy (non-hydrogen) atoms. The highest BCUT2D eigenvalue weighted by Crippen LogP contribution is 2.45. The van der Waals surface area contributed by atoms with Gasteiger partial charge in [0, 0.05) is 0 Å². The smallest absolute Gasteiger partial charge is 0.264 e. The number of aliphatic hydroxyl groups is 1. The van der Waals surface area contributed by atoms with Crippen LogP contribution in [0.3, 0.4) is 0 Å². The first-order valence-corrected chi connectivity index (χ1v) is 5.67. The molecule has 0 heterocycles. The van der Waals surface area contributed by atoms with E-state index in [2.05, 4.69) is 17.5 Å². The number of hydrogen-bond donors (Lipinski definition) is 2. The zero-order valence-corrected chi connectivity index (χ0v) is 9.37. The number of nitrogens with one attached hydrogen (secondary N) is 1. The van der Waals surface area contributed by atoms with Gasteiger partial charge >= 0.3 is 0 Å². The highest BCUT2D eigenvalue weighted by molar-refractivity contribution is 7.81. The van der Waals surface area contributed by atoms with E-state index in [1.165, 1.54) is 19.3 Å². The third kappa shape index (κ3) is 2.15. The van der Waals surface area contributed by atoms with Crippen LogP contribution in [0.1, 0.15) is 25.7 Å². The van der Waals surface area contributed by atoms with Crippen molar-refractivity contribution in [3.63, 3.8) is 0 Å². The fourth-order valence-corrected chi connectivity index (χ4v) is 2.96. The Morgan fingerprint density at radius 3 is 2.57 bits per heavy atom. The predicted octanol–water partition coefficient (Wildman–Crippen LogP) is 1.91. The summed E-state index contributed by atoms with van der Waals surface area (Å²) in [5.74, 6) is 1.49. The second kappa shape index (κ2) is 3.98. The van der Waals surface area contributed by atoms with E-state index in [-0.39, 0.29) is 16.5 Å². The largest absolute Gasteiger partial charge is 0.486 e. The topological polar surface area (TPSA) is 41.5 Å². The highest BCUT2D eigenvalue weighted by atomic mass is 32.1. The van der Waals surface area contributed by atoms with Crippen molar-refractivity contribution in [2.75, 3.05) is 0 Å². The number of fused-ring (bicyclic) bond motifs is 2. The van der Waals surface area contributed by atoms with Crippen LogP contribution in [0.4, 0.5) is 0 Å². The van der Waals surface area contributed by atoms with Gasteiger partial charge in [0.1, 0.15) is 6.10 Å². The van der Waals surface area contributed by atoms with Crippen molar-refractivity contribution in [2.45, 2.75) is 31.8 Å². The number of aliphatic hydroxyl groups excluding tert-OH is 1. The second-order valence-electron chi connectivity index (χ2n) is 4.05. The number of rotatable bonds is 1. The van der Waals surface area contributed by atoms with Crippen LogP contribution in [0.25, 0.3) is 0 Å². The SMILES string of the molecule is OC(=S)NC(=S)OC1CC2CCC1C2. The van der Waals surface area contributed by atoms with E-state index >= 15 is 0 Å². The zero-order chi connectivity index (χ0) is 10.1. The Labute approximate surface area is 93.8 Å². The van der Waals surface area contributed by atoms with Gasteiger partial charge in [-0.15, -0.1) is 0 Å². The summed E-state index contributed by atoms with van der Waals surface area (Å²) in [6.45, 7) is 0. The predicted molar refractivity (Wildman–Crippen MR) is 61.3 cm³/mol. The molecule has 2 aliphatic rings.